The summed E-state index contributed by atoms with van der Waals surface area (Å²) in [5.41, 5.74) is 6.75. The molecule has 0 spiro atoms. The maximum atomic E-state index is 5.85. The van der Waals surface area contributed by atoms with E-state index in [0.29, 0.717) is 29.9 Å². The lowest BCUT2D eigenvalue weighted by Crippen LogP contribution is -2.09. The Hall–Kier alpha value is -2.18. The van der Waals surface area contributed by atoms with E-state index in [4.69, 9.17) is 10.3 Å². The highest BCUT2D eigenvalue weighted by molar-refractivity contribution is 5.56. The quantitative estimate of drug-likeness (QED) is 0.844. The number of nitrogens with two attached hydrogens (primary N) is 1. The fourth-order valence-electron chi connectivity index (χ4n) is 1.69. The molecule has 0 saturated carbocycles. The van der Waals surface area contributed by atoms with Crippen molar-refractivity contribution in [2.45, 2.75) is 33.2 Å². The Bertz CT molecular complexity index is 536. The van der Waals surface area contributed by atoms with E-state index in [1.807, 2.05) is 13.8 Å². The summed E-state index contributed by atoms with van der Waals surface area (Å²) in [6.45, 7) is 6.26. The van der Waals surface area contributed by atoms with E-state index < -0.39 is 0 Å². The van der Waals surface area contributed by atoms with Crippen LogP contribution in [0.15, 0.2) is 10.9 Å². The molecule has 2 aromatic rings. The minimum atomic E-state index is 0.234. The average molecular weight is 248 g/mol. The zero-order valence-corrected chi connectivity index (χ0v) is 10.6. The lowest BCUT2D eigenvalue weighted by atomic mass is 10.0. The molecule has 18 heavy (non-hydrogen) atoms. The van der Waals surface area contributed by atoms with Crippen LogP contribution in [0.3, 0.4) is 0 Å². The van der Waals surface area contributed by atoms with Crippen molar-refractivity contribution in [2.75, 3.05) is 11.1 Å². The van der Waals surface area contributed by atoms with E-state index in [-0.39, 0.29) is 5.92 Å². The number of hydrogen-bond acceptors (Lipinski definition) is 7. The van der Waals surface area contributed by atoms with Crippen molar-refractivity contribution >= 4 is 11.6 Å². The number of hydrogen-bond donors (Lipinski definition) is 2. The average Bonchev–Trinajstić information content (AvgIpc) is 2.72. The molecule has 0 aliphatic carbocycles. The molecule has 0 fully saturated rings. The van der Waals surface area contributed by atoms with Gasteiger partial charge in [-0.25, -0.2) is 9.97 Å². The first-order valence-corrected chi connectivity index (χ1v) is 5.71. The molecule has 0 bridgehead atoms. The topological polar surface area (TPSA) is 103 Å². The highest BCUT2D eigenvalue weighted by atomic mass is 16.5. The number of anilines is 2. The summed E-state index contributed by atoms with van der Waals surface area (Å²) in [6, 6.07) is 0. The second kappa shape index (κ2) is 4.99. The van der Waals surface area contributed by atoms with Crippen LogP contribution in [0.2, 0.25) is 0 Å². The van der Waals surface area contributed by atoms with Gasteiger partial charge in [-0.05, 0) is 12.8 Å². The smallest absolute Gasteiger partial charge is 0.245 e. The minimum absolute atomic E-state index is 0.234. The summed E-state index contributed by atoms with van der Waals surface area (Å²) in [5.74, 6) is 2.55. The summed E-state index contributed by atoms with van der Waals surface area (Å²) in [7, 11) is 0. The fraction of sp³-hybridized carbons (Fsp3) is 0.455. The molecule has 0 atom stereocenters. The van der Waals surface area contributed by atoms with Crippen molar-refractivity contribution in [1.29, 1.82) is 0 Å². The molecule has 0 radical (unpaired) electrons. The zero-order chi connectivity index (χ0) is 13.1. The molecule has 0 unspecified atom stereocenters. The Morgan fingerprint density at radius 2 is 2.17 bits per heavy atom. The van der Waals surface area contributed by atoms with Crippen LogP contribution in [0.4, 0.5) is 11.6 Å². The van der Waals surface area contributed by atoms with Gasteiger partial charge in [-0.2, -0.15) is 4.98 Å². The van der Waals surface area contributed by atoms with Gasteiger partial charge in [-0.1, -0.05) is 19.0 Å². The Labute approximate surface area is 105 Å². The van der Waals surface area contributed by atoms with Crippen molar-refractivity contribution in [3.63, 3.8) is 0 Å². The Morgan fingerprint density at radius 1 is 1.39 bits per heavy atom. The SMILES string of the molecule is Cc1noc(CNc2ncnc(N)c2C(C)C)n1. The normalized spacial score (nSPS) is 10.9. The van der Waals surface area contributed by atoms with Gasteiger partial charge >= 0.3 is 0 Å². The summed E-state index contributed by atoms with van der Waals surface area (Å²) in [5, 5.41) is 6.86. The number of aromatic nitrogens is 4. The van der Waals surface area contributed by atoms with Crippen molar-refractivity contribution in [3.8, 4) is 0 Å². The van der Waals surface area contributed by atoms with E-state index in [0.717, 1.165) is 5.56 Å². The molecule has 0 aliphatic rings. The lowest BCUT2D eigenvalue weighted by Gasteiger charge is -2.13. The maximum Gasteiger partial charge on any atom is 0.245 e. The molecular weight excluding hydrogens is 232 g/mol. The third kappa shape index (κ3) is 2.55. The van der Waals surface area contributed by atoms with Gasteiger partial charge in [-0.15, -0.1) is 0 Å². The first kappa shape index (κ1) is 12.3. The summed E-state index contributed by atoms with van der Waals surface area (Å²) in [4.78, 5) is 12.3. The minimum Gasteiger partial charge on any atom is -0.383 e. The number of aryl methyl sites for hydroxylation is 1. The third-order valence-electron chi connectivity index (χ3n) is 2.47. The summed E-state index contributed by atoms with van der Waals surface area (Å²) < 4.78 is 5.02. The van der Waals surface area contributed by atoms with E-state index in [9.17, 15) is 0 Å². The van der Waals surface area contributed by atoms with Crippen LogP contribution in [0.25, 0.3) is 0 Å². The molecule has 0 saturated heterocycles. The largest absolute Gasteiger partial charge is 0.383 e. The van der Waals surface area contributed by atoms with Crippen LogP contribution in [0, 0.1) is 6.92 Å². The highest BCUT2D eigenvalue weighted by Gasteiger charge is 2.13. The molecule has 0 aromatic carbocycles. The molecule has 96 valence electrons. The van der Waals surface area contributed by atoms with Crippen LogP contribution >= 0.6 is 0 Å². The van der Waals surface area contributed by atoms with Gasteiger partial charge in [0.25, 0.3) is 0 Å². The van der Waals surface area contributed by atoms with Gasteiger partial charge < -0.3 is 15.6 Å². The second-order valence-corrected chi connectivity index (χ2v) is 4.26. The predicted octanol–water partition coefficient (Wildman–Crippen LogP) is 1.49. The van der Waals surface area contributed by atoms with E-state index in [2.05, 4.69) is 25.4 Å². The Balaban J connectivity index is 2.16. The third-order valence-corrected chi connectivity index (χ3v) is 2.47. The van der Waals surface area contributed by atoms with Crippen molar-refractivity contribution in [1.82, 2.24) is 20.1 Å². The predicted molar refractivity (Wildman–Crippen MR) is 66.9 cm³/mol. The number of nitrogen functional groups attached to an aromatic ring is 1. The van der Waals surface area contributed by atoms with Crippen LogP contribution in [0.5, 0.6) is 0 Å². The number of nitrogens with zero attached hydrogens (tertiary/aromatic N) is 4. The molecular formula is C11H16N6O. The van der Waals surface area contributed by atoms with Crippen LogP contribution in [-0.2, 0) is 6.54 Å². The first-order chi connectivity index (χ1) is 8.58. The molecule has 3 N–H and O–H groups in total. The molecule has 2 aromatic heterocycles. The number of nitrogens with one attached hydrogen (secondary N) is 1. The first-order valence-electron chi connectivity index (χ1n) is 5.71. The van der Waals surface area contributed by atoms with Crippen molar-refractivity contribution in [3.05, 3.63) is 23.6 Å². The van der Waals surface area contributed by atoms with Crippen molar-refractivity contribution in [2.24, 2.45) is 0 Å². The summed E-state index contributed by atoms with van der Waals surface area (Å²) >= 11 is 0. The van der Waals surface area contributed by atoms with Crippen molar-refractivity contribution < 1.29 is 4.52 Å². The monoisotopic (exact) mass is 248 g/mol. The van der Waals surface area contributed by atoms with E-state index >= 15 is 0 Å². The van der Waals surface area contributed by atoms with E-state index in [1.165, 1.54) is 6.33 Å². The molecule has 7 nitrogen and oxygen atoms in total. The molecule has 2 rings (SSSR count). The second-order valence-electron chi connectivity index (χ2n) is 4.26. The molecule has 0 aliphatic heterocycles. The summed E-state index contributed by atoms with van der Waals surface area (Å²) in [6.07, 6.45) is 1.43. The maximum absolute atomic E-state index is 5.85. The van der Waals surface area contributed by atoms with Gasteiger partial charge in [0.1, 0.15) is 18.0 Å². The van der Waals surface area contributed by atoms with Crippen LogP contribution in [-0.4, -0.2) is 20.1 Å². The van der Waals surface area contributed by atoms with Gasteiger partial charge in [0, 0.05) is 5.56 Å². The molecule has 0 amide bonds. The molecule has 2 heterocycles. The van der Waals surface area contributed by atoms with Gasteiger partial charge in [0.15, 0.2) is 5.82 Å². The van der Waals surface area contributed by atoms with Gasteiger partial charge in [0.05, 0.1) is 6.54 Å². The van der Waals surface area contributed by atoms with Gasteiger partial charge in [0.2, 0.25) is 5.89 Å². The standard InChI is InChI=1S/C11H16N6O/c1-6(2)9-10(12)14-5-15-11(9)13-4-8-16-7(3)17-18-8/h5-6H,4H2,1-3H3,(H3,12,13,14,15). The fourth-order valence-corrected chi connectivity index (χ4v) is 1.69. The van der Waals surface area contributed by atoms with E-state index in [1.54, 1.807) is 6.92 Å². The highest BCUT2D eigenvalue weighted by Crippen LogP contribution is 2.26. The number of rotatable bonds is 4. The zero-order valence-electron chi connectivity index (χ0n) is 10.6. The van der Waals surface area contributed by atoms with Gasteiger partial charge in [-0.3, -0.25) is 0 Å². The Kier molecular flexibility index (Phi) is 3.40. The lowest BCUT2D eigenvalue weighted by molar-refractivity contribution is 0.379. The van der Waals surface area contributed by atoms with Crippen LogP contribution in [0.1, 0.15) is 37.0 Å². The van der Waals surface area contributed by atoms with Crippen LogP contribution < -0.4 is 11.1 Å². The molecule has 7 heteroatoms. The Morgan fingerprint density at radius 3 is 2.78 bits per heavy atom.